The van der Waals surface area contributed by atoms with Crippen LogP contribution in [-0.4, -0.2) is 21.6 Å². The van der Waals surface area contributed by atoms with Gasteiger partial charge >= 0.3 is 0 Å². The van der Waals surface area contributed by atoms with E-state index in [2.05, 4.69) is 5.32 Å². The zero-order valence-corrected chi connectivity index (χ0v) is 18.1. The topological polar surface area (TPSA) is 64.2 Å². The highest BCUT2D eigenvalue weighted by Crippen LogP contribution is 2.32. The second-order valence-electron chi connectivity index (χ2n) is 7.43. The molecule has 32 heavy (non-hydrogen) atoms. The Kier molecular flexibility index (Phi) is 5.29. The van der Waals surface area contributed by atoms with Gasteiger partial charge in [-0.1, -0.05) is 42.5 Å². The molecule has 5 aromatic rings. The van der Waals surface area contributed by atoms with Gasteiger partial charge in [0, 0.05) is 21.4 Å². The van der Waals surface area contributed by atoms with Gasteiger partial charge in [0.1, 0.15) is 0 Å². The first-order valence-electron chi connectivity index (χ1n) is 10.3. The third kappa shape index (κ3) is 3.69. The first-order valence-corrected chi connectivity index (χ1v) is 11.1. The summed E-state index contributed by atoms with van der Waals surface area (Å²) in [7, 11) is 0. The predicted molar refractivity (Wildman–Crippen MR) is 128 cm³/mol. The molecule has 0 bridgehead atoms. The van der Waals surface area contributed by atoms with Crippen LogP contribution >= 0.6 is 11.8 Å². The fourth-order valence-electron chi connectivity index (χ4n) is 3.84. The number of anilines is 1. The zero-order valence-electron chi connectivity index (χ0n) is 17.3. The van der Waals surface area contributed by atoms with Crippen molar-refractivity contribution in [2.45, 2.75) is 17.1 Å². The number of hydrogen-bond acceptors (Lipinski definition) is 4. The summed E-state index contributed by atoms with van der Waals surface area (Å²) in [6, 6.07) is 26.7. The highest BCUT2D eigenvalue weighted by atomic mass is 32.2. The van der Waals surface area contributed by atoms with E-state index < -0.39 is 0 Å². The zero-order chi connectivity index (χ0) is 22.1. The van der Waals surface area contributed by atoms with Crippen LogP contribution in [0.25, 0.3) is 21.8 Å². The van der Waals surface area contributed by atoms with E-state index >= 15 is 0 Å². The van der Waals surface area contributed by atoms with Gasteiger partial charge in [-0.25, -0.2) is 0 Å². The lowest BCUT2D eigenvalue weighted by molar-refractivity contribution is 0.0924. The molecule has 5 nitrogen and oxygen atoms in total. The van der Waals surface area contributed by atoms with Crippen molar-refractivity contribution in [2.24, 2.45) is 0 Å². The number of fused-ring (bicyclic) bond motifs is 3. The van der Waals surface area contributed by atoms with E-state index in [1.54, 1.807) is 12.1 Å². The van der Waals surface area contributed by atoms with Crippen molar-refractivity contribution >= 4 is 51.1 Å². The van der Waals surface area contributed by atoms with Gasteiger partial charge in [-0.05, 0) is 49.4 Å². The van der Waals surface area contributed by atoms with Crippen molar-refractivity contribution < 1.29 is 14.0 Å². The van der Waals surface area contributed by atoms with E-state index in [1.807, 2.05) is 84.3 Å². The van der Waals surface area contributed by atoms with Crippen LogP contribution in [0.1, 0.15) is 22.3 Å². The van der Waals surface area contributed by atoms with Crippen molar-refractivity contribution in [2.75, 3.05) is 5.32 Å². The largest absolute Gasteiger partial charge is 0.459 e. The van der Waals surface area contributed by atoms with Gasteiger partial charge in [0.15, 0.2) is 5.76 Å². The molecule has 1 unspecified atom stereocenters. The number of nitrogens with one attached hydrogen (secondary N) is 1. The first kappa shape index (κ1) is 20.2. The molecule has 158 valence electrons. The fourth-order valence-corrected chi connectivity index (χ4v) is 4.81. The highest BCUT2D eigenvalue weighted by Gasteiger charge is 2.21. The van der Waals surface area contributed by atoms with Gasteiger partial charge in [0.25, 0.3) is 5.91 Å². The molecule has 0 fully saturated rings. The summed E-state index contributed by atoms with van der Waals surface area (Å²) in [6.45, 7) is 1.91. The van der Waals surface area contributed by atoms with Crippen LogP contribution in [-0.2, 0) is 0 Å². The van der Waals surface area contributed by atoms with Crippen molar-refractivity contribution in [3.8, 4) is 0 Å². The molecule has 1 N–H and O–H groups in total. The number of amides is 1. The lowest BCUT2D eigenvalue weighted by atomic mass is 10.2. The minimum Gasteiger partial charge on any atom is -0.459 e. The van der Waals surface area contributed by atoms with Gasteiger partial charge < -0.3 is 9.73 Å². The Bertz CT molecular complexity index is 1380. The van der Waals surface area contributed by atoms with E-state index in [-0.39, 0.29) is 22.8 Å². The SMILES string of the molecule is CC(Sc1cccc(NC(=O)c2ccco2)c1)C(=O)n1c2ccccc2c2ccccc21. The third-order valence-corrected chi connectivity index (χ3v) is 6.38. The normalized spacial score (nSPS) is 12.2. The first-order chi connectivity index (χ1) is 15.6. The standard InChI is InChI=1S/C26H20N2O3S/c1-17(32-19-9-6-8-18(16-19)27-25(29)24-14-7-15-31-24)26(30)28-22-12-4-2-10-20(22)21-11-3-5-13-23(21)28/h2-17H,1H3,(H,27,29). The summed E-state index contributed by atoms with van der Waals surface area (Å²) >= 11 is 1.46. The van der Waals surface area contributed by atoms with Gasteiger partial charge in [-0.15, -0.1) is 11.8 Å². The summed E-state index contributed by atoms with van der Waals surface area (Å²) in [4.78, 5) is 26.7. The molecule has 0 aliphatic rings. The number of nitrogens with zero attached hydrogens (tertiary/aromatic N) is 1. The molecular formula is C26H20N2O3S. The molecule has 0 spiro atoms. The van der Waals surface area contributed by atoms with Crippen molar-refractivity contribution in [1.29, 1.82) is 0 Å². The third-order valence-electron chi connectivity index (χ3n) is 5.30. The fraction of sp³-hybridized carbons (Fsp3) is 0.0769. The van der Waals surface area contributed by atoms with Crippen molar-refractivity contribution in [3.05, 3.63) is 97.0 Å². The Morgan fingerprint density at radius 1 is 0.875 bits per heavy atom. The lowest BCUT2D eigenvalue weighted by Gasteiger charge is -2.14. The van der Waals surface area contributed by atoms with Crippen molar-refractivity contribution in [3.63, 3.8) is 0 Å². The van der Waals surface area contributed by atoms with Crippen LogP contribution in [0.15, 0.2) is 101 Å². The molecule has 0 radical (unpaired) electrons. The molecule has 5 rings (SSSR count). The summed E-state index contributed by atoms with van der Waals surface area (Å²) in [5.41, 5.74) is 2.46. The van der Waals surface area contributed by atoms with Crippen LogP contribution in [0.3, 0.4) is 0 Å². The smallest absolute Gasteiger partial charge is 0.291 e. The van der Waals surface area contributed by atoms with E-state index in [0.717, 1.165) is 26.7 Å². The molecule has 1 amide bonds. The quantitative estimate of drug-likeness (QED) is 0.319. The van der Waals surface area contributed by atoms with Gasteiger partial charge in [-0.3, -0.25) is 14.2 Å². The Morgan fingerprint density at radius 3 is 2.22 bits per heavy atom. The molecule has 0 aliphatic carbocycles. The number of aromatic nitrogens is 1. The van der Waals surface area contributed by atoms with E-state index in [0.29, 0.717) is 5.69 Å². The second-order valence-corrected chi connectivity index (χ2v) is 8.84. The summed E-state index contributed by atoms with van der Waals surface area (Å²) < 4.78 is 6.95. The highest BCUT2D eigenvalue weighted by molar-refractivity contribution is 8.00. The molecule has 0 saturated heterocycles. The number of carbonyl (C=O) groups is 2. The predicted octanol–water partition coefficient (Wildman–Crippen LogP) is 6.46. The molecule has 6 heteroatoms. The van der Waals surface area contributed by atoms with Crippen LogP contribution in [0.4, 0.5) is 5.69 Å². The lowest BCUT2D eigenvalue weighted by Crippen LogP contribution is -2.21. The Hall–Kier alpha value is -3.77. The Balaban J connectivity index is 1.40. The number of hydrogen-bond donors (Lipinski definition) is 1. The minimum atomic E-state index is -0.328. The summed E-state index contributed by atoms with van der Waals surface area (Å²) in [6.07, 6.45) is 1.46. The van der Waals surface area contributed by atoms with Crippen molar-refractivity contribution in [1.82, 2.24) is 4.57 Å². The summed E-state index contributed by atoms with van der Waals surface area (Å²) in [5.74, 6) is -0.0538. The molecule has 2 heterocycles. The van der Waals surface area contributed by atoms with Crippen LogP contribution in [0, 0.1) is 0 Å². The Labute approximate surface area is 189 Å². The number of benzene rings is 3. The second kappa shape index (κ2) is 8.40. The molecule has 3 aromatic carbocycles. The number of rotatable bonds is 5. The average Bonchev–Trinajstić information content (AvgIpc) is 3.46. The van der Waals surface area contributed by atoms with E-state index in [1.165, 1.54) is 18.0 Å². The monoisotopic (exact) mass is 440 g/mol. The minimum absolute atomic E-state index is 0.0115. The molecular weight excluding hydrogens is 420 g/mol. The molecule has 0 aliphatic heterocycles. The molecule has 2 aromatic heterocycles. The van der Waals surface area contributed by atoms with Crippen LogP contribution in [0.5, 0.6) is 0 Å². The maximum Gasteiger partial charge on any atom is 0.291 e. The number of furan rings is 1. The number of carbonyl (C=O) groups excluding carboxylic acids is 2. The number of para-hydroxylation sites is 2. The van der Waals surface area contributed by atoms with Crippen LogP contribution in [0.2, 0.25) is 0 Å². The number of thioether (sulfide) groups is 1. The molecule has 1 atom stereocenters. The average molecular weight is 441 g/mol. The summed E-state index contributed by atoms with van der Waals surface area (Å²) in [5, 5.41) is 4.63. The Morgan fingerprint density at radius 2 is 1.56 bits per heavy atom. The maximum absolute atomic E-state index is 13.5. The maximum atomic E-state index is 13.5. The van der Waals surface area contributed by atoms with Gasteiger partial charge in [-0.2, -0.15) is 0 Å². The van der Waals surface area contributed by atoms with Gasteiger partial charge in [0.2, 0.25) is 5.91 Å². The van der Waals surface area contributed by atoms with E-state index in [9.17, 15) is 9.59 Å². The van der Waals surface area contributed by atoms with Crippen LogP contribution < -0.4 is 5.32 Å². The van der Waals surface area contributed by atoms with E-state index in [4.69, 9.17) is 4.42 Å². The van der Waals surface area contributed by atoms with Gasteiger partial charge in [0.05, 0.1) is 22.5 Å². The molecule has 0 saturated carbocycles.